The number of unbranched alkanes of at least 4 members (excludes halogenated alkanes) is 1. The fraction of sp³-hybridized carbons (Fsp3) is 0.933. The summed E-state index contributed by atoms with van der Waals surface area (Å²) in [5.74, 6) is 0.412. The van der Waals surface area contributed by atoms with Gasteiger partial charge in [0.1, 0.15) is 0 Å². The van der Waals surface area contributed by atoms with E-state index in [4.69, 9.17) is 0 Å². The third-order valence-electron chi connectivity index (χ3n) is 4.61. The number of nitrogens with zero attached hydrogens (tertiary/aromatic N) is 2. The van der Waals surface area contributed by atoms with Crippen molar-refractivity contribution in [2.45, 2.75) is 70.4 Å². The summed E-state index contributed by atoms with van der Waals surface area (Å²) in [6.07, 6.45) is 9.64. The maximum absolute atomic E-state index is 12.7. The first-order valence-corrected chi connectivity index (χ1v) is 7.74. The Kier molecular flexibility index (Phi) is 5.04. The lowest BCUT2D eigenvalue weighted by atomic mass is 10.1. The van der Waals surface area contributed by atoms with Gasteiger partial charge in [-0.3, -0.25) is 9.69 Å². The van der Waals surface area contributed by atoms with E-state index in [0.717, 1.165) is 25.9 Å². The Balaban J connectivity index is 1.99. The van der Waals surface area contributed by atoms with Gasteiger partial charge in [0, 0.05) is 12.6 Å². The highest BCUT2D eigenvalue weighted by Gasteiger charge is 2.34. The Morgan fingerprint density at radius 2 is 1.94 bits per heavy atom. The van der Waals surface area contributed by atoms with E-state index in [1.165, 1.54) is 38.5 Å². The molecule has 104 valence electrons. The van der Waals surface area contributed by atoms with Crippen LogP contribution in [0.1, 0.15) is 58.3 Å². The van der Waals surface area contributed by atoms with Gasteiger partial charge in [-0.15, -0.1) is 0 Å². The summed E-state index contributed by atoms with van der Waals surface area (Å²) in [5, 5.41) is 0. The van der Waals surface area contributed by atoms with Crippen LogP contribution in [-0.4, -0.2) is 47.9 Å². The quantitative estimate of drug-likeness (QED) is 0.751. The van der Waals surface area contributed by atoms with Crippen LogP contribution in [0.25, 0.3) is 0 Å². The third-order valence-corrected chi connectivity index (χ3v) is 4.61. The predicted molar refractivity (Wildman–Crippen MR) is 74.5 cm³/mol. The summed E-state index contributed by atoms with van der Waals surface area (Å²) < 4.78 is 0. The second-order valence-corrected chi connectivity index (χ2v) is 5.96. The van der Waals surface area contributed by atoms with E-state index in [9.17, 15) is 4.79 Å². The SMILES string of the molecule is CCCCN(C(=O)[C@@H]1CCCN1C)C1CCCC1. The van der Waals surface area contributed by atoms with Gasteiger partial charge < -0.3 is 4.90 Å². The van der Waals surface area contributed by atoms with E-state index < -0.39 is 0 Å². The van der Waals surface area contributed by atoms with Gasteiger partial charge in [-0.25, -0.2) is 0 Å². The number of amides is 1. The average Bonchev–Trinajstić information content (AvgIpc) is 3.00. The minimum atomic E-state index is 0.169. The van der Waals surface area contributed by atoms with Crippen molar-refractivity contribution in [3.8, 4) is 0 Å². The molecular formula is C15H28N2O. The van der Waals surface area contributed by atoms with E-state index in [1.807, 2.05) is 0 Å². The highest BCUT2D eigenvalue weighted by Crippen LogP contribution is 2.26. The maximum atomic E-state index is 12.7. The zero-order chi connectivity index (χ0) is 13.0. The highest BCUT2D eigenvalue weighted by atomic mass is 16.2. The zero-order valence-corrected chi connectivity index (χ0v) is 12.0. The molecule has 0 N–H and O–H groups in total. The fourth-order valence-electron chi connectivity index (χ4n) is 3.43. The molecule has 0 spiro atoms. The lowest BCUT2D eigenvalue weighted by molar-refractivity contribution is -0.138. The van der Waals surface area contributed by atoms with Crippen molar-refractivity contribution in [1.29, 1.82) is 0 Å². The molecule has 3 nitrogen and oxygen atoms in total. The molecule has 1 aliphatic heterocycles. The lowest BCUT2D eigenvalue weighted by Crippen LogP contribution is -2.48. The van der Waals surface area contributed by atoms with Crippen LogP contribution in [-0.2, 0) is 4.79 Å². The summed E-state index contributed by atoms with van der Waals surface area (Å²) in [5.41, 5.74) is 0. The zero-order valence-electron chi connectivity index (χ0n) is 12.0. The molecule has 0 bridgehead atoms. The Hall–Kier alpha value is -0.570. The van der Waals surface area contributed by atoms with Crippen LogP contribution in [0.15, 0.2) is 0 Å². The summed E-state index contributed by atoms with van der Waals surface area (Å²) in [6.45, 7) is 4.27. The first-order valence-electron chi connectivity index (χ1n) is 7.74. The molecule has 0 unspecified atom stereocenters. The standard InChI is InChI=1S/C15H28N2O/c1-3-4-12-17(13-8-5-6-9-13)15(18)14-10-7-11-16(14)2/h13-14H,3-12H2,1-2H3/t14-/m0/s1. The number of carbonyl (C=O) groups is 1. The molecule has 2 rings (SSSR count). The summed E-state index contributed by atoms with van der Waals surface area (Å²) in [6, 6.07) is 0.709. The van der Waals surface area contributed by atoms with Crippen molar-refractivity contribution in [2.75, 3.05) is 20.1 Å². The van der Waals surface area contributed by atoms with Crippen LogP contribution in [0.5, 0.6) is 0 Å². The van der Waals surface area contributed by atoms with E-state index in [2.05, 4.69) is 23.8 Å². The number of hydrogen-bond donors (Lipinski definition) is 0. The van der Waals surface area contributed by atoms with Crippen molar-refractivity contribution in [3.05, 3.63) is 0 Å². The van der Waals surface area contributed by atoms with E-state index in [1.54, 1.807) is 0 Å². The van der Waals surface area contributed by atoms with Crippen molar-refractivity contribution in [2.24, 2.45) is 0 Å². The fourth-order valence-corrected chi connectivity index (χ4v) is 3.43. The number of likely N-dealkylation sites (N-methyl/N-ethyl adjacent to an activating group) is 1. The number of hydrogen-bond acceptors (Lipinski definition) is 2. The van der Waals surface area contributed by atoms with Gasteiger partial charge in [0.25, 0.3) is 0 Å². The third kappa shape index (κ3) is 3.05. The van der Waals surface area contributed by atoms with Crippen LogP contribution in [0.4, 0.5) is 0 Å². The first-order chi connectivity index (χ1) is 8.74. The van der Waals surface area contributed by atoms with Crippen molar-refractivity contribution in [3.63, 3.8) is 0 Å². The van der Waals surface area contributed by atoms with Gasteiger partial charge in [-0.2, -0.15) is 0 Å². The van der Waals surface area contributed by atoms with Crippen LogP contribution >= 0.6 is 0 Å². The molecule has 0 radical (unpaired) electrons. The van der Waals surface area contributed by atoms with Crippen molar-refractivity contribution < 1.29 is 4.79 Å². The first kappa shape index (κ1) is 13.9. The topological polar surface area (TPSA) is 23.6 Å². The molecule has 3 heteroatoms. The predicted octanol–water partition coefficient (Wildman–Crippen LogP) is 2.65. The molecule has 18 heavy (non-hydrogen) atoms. The molecule has 0 aromatic heterocycles. The van der Waals surface area contributed by atoms with E-state index >= 15 is 0 Å². The lowest BCUT2D eigenvalue weighted by Gasteiger charge is -2.33. The van der Waals surface area contributed by atoms with Crippen molar-refractivity contribution in [1.82, 2.24) is 9.80 Å². The van der Waals surface area contributed by atoms with Gasteiger partial charge in [0.2, 0.25) is 5.91 Å². The maximum Gasteiger partial charge on any atom is 0.240 e. The second-order valence-electron chi connectivity index (χ2n) is 5.96. The Bertz CT molecular complexity index is 274. The van der Waals surface area contributed by atoms with Gasteiger partial charge in [-0.05, 0) is 45.7 Å². The molecule has 1 saturated heterocycles. The molecule has 1 amide bonds. The van der Waals surface area contributed by atoms with Crippen molar-refractivity contribution >= 4 is 5.91 Å². The number of likely N-dealkylation sites (tertiary alicyclic amines) is 1. The summed E-state index contributed by atoms with van der Waals surface area (Å²) >= 11 is 0. The Labute approximate surface area is 112 Å². The largest absolute Gasteiger partial charge is 0.338 e. The molecule has 2 aliphatic rings. The number of rotatable bonds is 5. The van der Waals surface area contributed by atoms with Gasteiger partial charge >= 0.3 is 0 Å². The molecule has 1 heterocycles. The average molecular weight is 252 g/mol. The number of carbonyl (C=O) groups excluding carboxylic acids is 1. The van der Waals surface area contributed by atoms with Crippen LogP contribution in [0, 0.1) is 0 Å². The Morgan fingerprint density at radius 3 is 2.50 bits per heavy atom. The molecule has 1 saturated carbocycles. The van der Waals surface area contributed by atoms with Gasteiger partial charge in [-0.1, -0.05) is 26.2 Å². The molecule has 1 atom stereocenters. The molecular weight excluding hydrogens is 224 g/mol. The monoisotopic (exact) mass is 252 g/mol. The Morgan fingerprint density at radius 1 is 1.22 bits per heavy atom. The van der Waals surface area contributed by atoms with Gasteiger partial charge in [0.15, 0.2) is 0 Å². The molecule has 0 aromatic carbocycles. The highest BCUT2D eigenvalue weighted by molar-refractivity contribution is 5.82. The van der Waals surface area contributed by atoms with Gasteiger partial charge in [0.05, 0.1) is 6.04 Å². The molecule has 2 fully saturated rings. The van der Waals surface area contributed by atoms with Crippen LogP contribution in [0.2, 0.25) is 0 Å². The molecule has 0 aromatic rings. The second kappa shape index (κ2) is 6.55. The normalized spacial score (nSPS) is 25.8. The minimum Gasteiger partial charge on any atom is -0.338 e. The minimum absolute atomic E-state index is 0.169. The van der Waals surface area contributed by atoms with E-state index in [0.29, 0.717) is 11.9 Å². The smallest absolute Gasteiger partial charge is 0.240 e. The van der Waals surface area contributed by atoms with Crippen LogP contribution in [0.3, 0.4) is 0 Å². The summed E-state index contributed by atoms with van der Waals surface area (Å²) in [7, 11) is 2.10. The van der Waals surface area contributed by atoms with Crippen LogP contribution < -0.4 is 0 Å². The summed E-state index contributed by atoms with van der Waals surface area (Å²) in [4.78, 5) is 17.2. The van der Waals surface area contributed by atoms with E-state index in [-0.39, 0.29) is 6.04 Å². The molecule has 1 aliphatic carbocycles.